The van der Waals surface area contributed by atoms with E-state index in [1.807, 2.05) is 44.4 Å². The monoisotopic (exact) mass is 235 g/mol. The number of rotatable bonds is 2. The Bertz CT molecular complexity index is 484. The molecule has 0 fully saturated rings. The predicted octanol–water partition coefficient (Wildman–Crippen LogP) is 2.43. The number of nitrogens with two attached hydrogens (primary N) is 1. The summed E-state index contributed by atoms with van der Waals surface area (Å²) in [7, 11) is 1.87. The lowest BCUT2D eigenvalue weighted by Crippen LogP contribution is -2.13. The Morgan fingerprint density at radius 1 is 1.38 bits per heavy atom. The van der Waals surface area contributed by atoms with Crippen LogP contribution in [0.25, 0.3) is 0 Å². The van der Waals surface area contributed by atoms with Gasteiger partial charge < -0.3 is 5.73 Å². The normalized spacial score (nSPS) is 12.8. The Labute approximate surface area is 99.8 Å². The number of aryl methyl sites for hydroxylation is 2. The maximum atomic E-state index is 6.13. The summed E-state index contributed by atoms with van der Waals surface area (Å²) in [5.41, 5.74) is 9.08. The minimum Gasteiger partial charge on any atom is -0.319 e. The zero-order valence-electron chi connectivity index (χ0n) is 9.31. The van der Waals surface area contributed by atoms with E-state index < -0.39 is 0 Å². The molecule has 0 saturated heterocycles. The van der Waals surface area contributed by atoms with Crippen LogP contribution in [0.1, 0.15) is 22.9 Å². The summed E-state index contributed by atoms with van der Waals surface area (Å²) >= 11 is 6.01. The largest absolute Gasteiger partial charge is 0.319 e. The number of aromatic nitrogens is 2. The first-order chi connectivity index (χ1) is 7.56. The molecule has 16 heavy (non-hydrogen) atoms. The van der Waals surface area contributed by atoms with Crippen LogP contribution in [-0.2, 0) is 7.05 Å². The molecule has 0 amide bonds. The Kier molecular flexibility index (Phi) is 2.99. The van der Waals surface area contributed by atoms with Crippen molar-refractivity contribution in [3.63, 3.8) is 0 Å². The lowest BCUT2D eigenvalue weighted by atomic mass is 10.0. The molecule has 0 aliphatic heterocycles. The molecule has 1 heterocycles. The third-order valence-corrected chi connectivity index (χ3v) is 2.69. The van der Waals surface area contributed by atoms with Crippen LogP contribution in [0.5, 0.6) is 0 Å². The van der Waals surface area contributed by atoms with Gasteiger partial charge in [-0.3, -0.25) is 4.68 Å². The molecule has 2 aromatic rings. The third kappa shape index (κ3) is 2.26. The van der Waals surface area contributed by atoms with E-state index in [-0.39, 0.29) is 6.04 Å². The molecule has 0 spiro atoms. The highest BCUT2D eigenvalue weighted by molar-refractivity contribution is 6.30. The molecule has 84 valence electrons. The van der Waals surface area contributed by atoms with Crippen molar-refractivity contribution in [2.24, 2.45) is 12.8 Å². The number of hydrogen-bond donors (Lipinski definition) is 1. The van der Waals surface area contributed by atoms with Gasteiger partial charge in [0.1, 0.15) is 0 Å². The Morgan fingerprint density at radius 3 is 2.69 bits per heavy atom. The van der Waals surface area contributed by atoms with Gasteiger partial charge in [-0.1, -0.05) is 17.7 Å². The molecule has 2 N–H and O–H groups in total. The number of nitrogens with zero attached hydrogens (tertiary/aromatic N) is 2. The molecule has 0 aliphatic rings. The van der Waals surface area contributed by atoms with Crippen LogP contribution >= 0.6 is 11.6 Å². The summed E-state index contributed by atoms with van der Waals surface area (Å²) in [5.74, 6) is 0. The second-order valence-corrected chi connectivity index (χ2v) is 4.39. The molecule has 0 radical (unpaired) electrons. The van der Waals surface area contributed by atoms with E-state index >= 15 is 0 Å². The standard InChI is InChI=1S/C12H14ClN3/c1-8-5-9(7-10(13)6-8)12(14)11-3-4-16(2)15-11/h3-7,12H,14H2,1-2H3. The van der Waals surface area contributed by atoms with Crippen LogP contribution in [0.2, 0.25) is 5.02 Å². The molecule has 1 aromatic carbocycles. The summed E-state index contributed by atoms with van der Waals surface area (Å²) in [6.07, 6.45) is 1.88. The van der Waals surface area contributed by atoms with Crippen molar-refractivity contribution >= 4 is 11.6 Å². The van der Waals surface area contributed by atoms with Crippen molar-refractivity contribution in [1.29, 1.82) is 0 Å². The van der Waals surface area contributed by atoms with Crippen LogP contribution in [0.4, 0.5) is 0 Å². The minimum atomic E-state index is -0.224. The third-order valence-electron chi connectivity index (χ3n) is 2.48. The average molecular weight is 236 g/mol. The topological polar surface area (TPSA) is 43.8 Å². The summed E-state index contributed by atoms with van der Waals surface area (Å²) < 4.78 is 1.74. The second-order valence-electron chi connectivity index (χ2n) is 3.95. The van der Waals surface area contributed by atoms with Gasteiger partial charge in [-0.05, 0) is 36.2 Å². The highest BCUT2D eigenvalue weighted by Crippen LogP contribution is 2.22. The Hall–Kier alpha value is -1.32. The SMILES string of the molecule is Cc1cc(Cl)cc(C(N)c2ccn(C)n2)c1. The fourth-order valence-electron chi connectivity index (χ4n) is 1.71. The smallest absolute Gasteiger partial charge is 0.0837 e. The lowest BCUT2D eigenvalue weighted by molar-refractivity contribution is 0.715. The fraction of sp³-hybridized carbons (Fsp3) is 0.250. The van der Waals surface area contributed by atoms with Crippen molar-refractivity contribution in [3.8, 4) is 0 Å². The molecule has 1 unspecified atom stereocenters. The van der Waals surface area contributed by atoms with Crippen LogP contribution in [0, 0.1) is 6.92 Å². The van der Waals surface area contributed by atoms with Gasteiger partial charge in [0.25, 0.3) is 0 Å². The van der Waals surface area contributed by atoms with Crippen molar-refractivity contribution in [3.05, 3.63) is 52.3 Å². The van der Waals surface area contributed by atoms with E-state index in [9.17, 15) is 0 Å². The zero-order chi connectivity index (χ0) is 11.7. The Balaban J connectivity index is 2.37. The molecule has 4 heteroatoms. The lowest BCUT2D eigenvalue weighted by Gasteiger charge is -2.10. The van der Waals surface area contributed by atoms with Gasteiger partial charge in [0.05, 0.1) is 11.7 Å². The highest BCUT2D eigenvalue weighted by Gasteiger charge is 2.12. The van der Waals surface area contributed by atoms with E-state index in [1.54, 1.807) is 4.68 Å². The van der Waals surface area contributed by atoms with E-state index in [0.29, 0.717) is 5.02 Å². The molecular weight excluding hydrogens is 222 g/mol. The minimum absolute atomic E-state index is 0.224. The van der Waals surface area contributed by atoms with E-state index in [0.717, 1.165) is 16.8 Å². The van der Waals surface area contributed by atoms with E-state index in [1.165, 1.54) is 0 Å². The number of benzene rings is 1. The summed E-state index contributed by atoms with van der Waals surface area (Å²) in [6.45, 7) is 2.00. The molecular formula is C12H14ClN3. The first-order valence-corrected chi connectivity index (χ1v) is 5.46. The second kappa shape index (κ2) is 4.28. The molecule has 0 aliphatic carbocycles. The van der Waals surface area contributed by atoms with Gasteiger partial charge in [0.15, 0.2) is 0 Å². The first-order valence-electron chi connectivity index (χ1n) is 5.08. The van der Waals surface area contributed by atoms with Gasteiger partial charge in [0, 0.05) is 18.3 Å². The van der Waals surface area contributed by atoms with Crippen molar-refractivity contribution in [1.82, 2.24) is 9.78 Å². The van der Waals surface area contributed by atoms with Crippen LogP contribution in [0.15, 0.2) is 30.5 Å². The van der Waals surface area contributed by atoms with E-state index in [2.05, 4.69) is 5.10 Å². The average Bonchev–Trinajstić information content (AvgIpc) is 2.62. The highest BCUT2D eigenvalue weighted by atomic mass is 35.5. The van der Waals surface area contributed by atoms with Crippen LogP contribution in [0.3, 0.4) is 0 Å². The summed E-state index contributed by atoms with van der Waals surface area (Å²) in [4.78, 5) is 0. The molecule has 3 nitrogen and oxygen atoms in total. The molecule has 1 aromatic heterocycles. The molecule has 0 saturated carbocycles. The maximum absolute atomic E-state index is 6.13. The maximum Gasteiger partial charge on any atom is 0.0837 e. The molecule has 1 atom stereocenters. The van der Waals surface area contributed by atoms with Gasteiger partial charge in [-0.2, -0.15) is 5.10 Å². The zero-order valence-corrected chi connectivity index (χ0v) is 10.1. The van der Waals surface area contributed by atoms with Gasteiger partial charge in [-0.25, -0.2) is 0 Å². The molecule has 2 rings (SSSR count). The van der Waals surface area contributed by atoms with Crippen molar-refractivity contribution in [2.75, 3.05) is 0 Å². The number of hydrogen-bond acceptors (Lipinski definition) is 2. The summed E-state index contributed by atoms with van der Waals surface area (Å²) in [6, 6.07) is 7.52. The van der Waals surface area contributed by atoms with Gasteiger partial charge >= 0.3 is 0 Å². The number of halogens is 1. The van der Waals surface area contributed by atoms with Crippen molar-refractivity contribution in [2.45, 2.75) is 13.0 Å². The van der Waals surface area contributed by atoms with E-state index in [4.69, 9.17) is 17.3 Å². The first kappa shape index (κ1) is 11.2. The Morgan fingerprint density at radius 2 is 2.12 bits per heavy atom. The van der Waals surface area contributed by atoms with Gasteiger partial charge in [-0.15, -0.1) is 0 Å². The quantitative estimate of drug-likeness (QED) is 0.869. The predicted molar refractivity (Wildman–Crippen MR) is 65.4 cm³/mol. The molecule has 0 bridgehead atoms. The summed E-state index contributed by atoms with van der Waals surface area (Å²) in [5, 5.41) is 5.00. The van der Waals surface area contributed by atoms with Crippen LogP contribution < -0.4 is 5.73 Å². The van der Waals surface area contributed by atoms with Gasteiger partial charge in [0.2, 0.25) is 0 Å². The fourth-order valence-corrected chi connectivity index (χ4v) is 2.01. The van der Waals surface area contributed by atoms with Crippen LogP contribution in [-0.4, -0.2) is 9.78 Å². The van der Waals surface area contributed by atoms with Crippen molar-refractivity contribution < 1.29 is 0 Å².